The number of amides is 1. The summed E-state index contributed by atoms with van der Waals surface area (Å²) in [5.41, 5.74) is 4.77. The molecule has 1 atom stereocenters. The van der Waals surface area contributed by atoms with Crippen LogP contribution < -0.4 is 56.7 Å². The van der Waals surface area contributed by atoms with Gasteiger partial charge in [-0.05, 0) is 47.6 Å². The number of aryl methyl sites for hydroxylation is 1. The van der Waals surface area contributed by atoms with Crippen molar-refractivity contribution in [1.29, 1.82) is 0 Å². The first-order valence-corrected chi connectivity index (χ1v) is 11.9. The van der Waals surface area contributed by atoms with Crippen molar-refractivity contribution in [2.75, 3.05) is 5.32 Å². The topological polar surface area (TPSA) is 93.4 Å². The first-order chi connectivity index (χ1) is 17.4. The van der Waals surface area contributed by atoms with Gasteiger partial charge in [0.25, 0.3) is 0 Å². The predicted molar refractivity (Wildman–Crippen MR) is 139 cm³/mol. The van der Waals surface area contributed by atoms with Gasteiger partial charge >= 0.3 is 63.4 Å². The Morgan fingerprint density at radius 3 is 2.11 bits per heavy atom. The quantitative estimate of drug-likeness (QED) is 0.364. The van der Waals surface area contributed by atoms with Crippen molar-refractivity contribution in [2.24, 2.45) is 7.05 Å². The Kier molecular flexibility index (Phi) is 8.35. The molecule has 0 saturated heterocycles. The third-order valence-electron chi connectivity index (χ3n) is 6.84. The molecule has 1 amide bonds. The summed E-state index contributed by atoms with van der Waals surface area (Å²) in [5.74, 6) is -0.209. The molecule has 0 aliphatic heterocycles. The maximum Gasteiger partial charge on any atom is 1.00 e. The van der Waals surface area contributed by atoms with Crippen molar-refractivity contribution >= 4 is 17.9 Å². The zero-order valence-electron chi connectivity index (χ0n) is 22.1. The molecule has 1 saturated carbocycles. The van der Waals surface area contributed by atoms with Crippen molar-refractivity contribution in [3.05, 3.63) is 96.2 Å². The van der Waals surface area contributed by atoms with Crippen LogP contribution in [-0.4, -0.2) is 26.9 Å². The summed E-state index contributed by atoms with van der Waals surface area (Å²) in [6.45, 7) is 1.83. The van der Waals surface area contributed by atoms with Gasteiger partial charge in [-0.25, -0.2) is 4.79 Å². The Hall–Kier alpha value is -2.75. The molecule has 37 heavy (non-hydrogen) atoms. The second-order valence-electron chi connectivity index (χ2n) is 9.16. The van der Waals surface area contributed by atoms with E-state index in [4.69, 9.17) is 4.74 Å². The summed E-state index contributed by atoms with van der Waals surface area (Å²) in [4.78, 5) is 24.2. The molecule has 7 nitrogen and oxygen atoms in total. The maximum absolute atomic E-state index is 12.6. The van der Waals surface area contributed by atoms with E-state index < -0.39 is 17.5 Å². The number of aromatic nitrogens is 2. The van der Waals surface area contributed by atoms with E-state index in [9.17, 15) is 14.7 Å². The molecule has 4 aromatic rings. The molecule has 8 heteroatoms. The number of carbonyl (C=O) groups excluding carboxylic acids is 1. The van der Waals surface area contributed by atoms with Crippen molar-refractivity contribution in [3.63, 3.8) is 0 Å². The van der Waals surface area contributed by atoms with E-state index in [0.717, 1.165) is 33.4 Å². The summed E-state index contributed by atoms with van der Waals surface area (Å²) in [6, 6.07) is 25.3. The average molecular weight is 522 g/mol. The number of aliphatic carboxylic acids is 1. The summed E-state index contributed by atoms with van der Waals surface area (Å²) >= 11 is 0. The fourth-order valence-electron chi connectivity index (χ4n) is 4.45. The summed E-state index contributed by atoms with van der Waals surface area (Å²) in [7, 11) is 1.76. The van der Waals surface area contributed by atoms with E-state index in [2.05, 4.69) is 10.4 Å². The average Bonchev–Trinajstić information content (AvgIpc) is 3.64. The largest absolute Gasteiger partial charge is 1.00 e. The van der Waals surface area contributed by atoms with Gasteiger partial charge in [-0.2, -0.15) is 5.10 Å². The zero-order chi connectivity index (χ0) is 25.3. The van der Waals surface area contributed by atoms with Gasteiger partial charge in [0.1, 0.15) is 11.9 Å². The molecule has 1 aliphatic carbocycles. The molecule has 0 spiro atoms. The minimum atomic E-state index is -0.751. The number of hydrogen-bond donors (Lipinski definition) is 2. The van der Waals surface area contributed by atoms with Crippen LogP contribution >= 0.6 is 0 Å². The fraction of sp³-hybridized carbons (Fsp3) is 0.207. The van der Waals surface area contributed by atoms with E-state index in [0.29, 0.717) is 18.7 Å². The van der Waals surface area contributed by atoms with Gasteiger partial charge in [0.2, 0.25) is 0 Å². The number of carboxylic acid groups (broad SMARTS) is 1. The summed E-state index contributed by atoms with van der Waals surface area (Å²) < 4.78 is 7.16. The monoisotopic (exact) mass is 521 g/mol. The van der Waals surface area contributed by atoms with E-state index in [1.54, 1.807) is 17.9 Å². The van der Waals surface area contributed by atoms with Crippen LogP contribution in [0.4, 0.5) is 10.6 Å². The zero-order valence-corrected chi connectivity index (χ0v) is 24.3. The third kappa shape index (κ3) is 5.73. The molecule has 5 rings (SSSR count). The number of ether oxygens (including phenoxy) is 1. The van der Waals surface area contributed by atoms with Gasteiger partial charge in [-0.15, -0.1) is 0 Å². The summed E-state index contributed by atoms with van der Waals surface area (Å²) in [5, 5.41) is 16.7. The van der Waals surface area contributed by atoms with E-state index in [1.165, 1.54) is 0 Å². The Labute approximate surface area is 259 Å². The standard InChI is InChI=1S/C29H27N3O4.K.H/c1-19(20-6-4-3-5-7-20)36-28(35)31-26-25(18-30-32(26)2)23-10-8-21(9-11-23)22-12-14-24(15-13-22)29(16-17-29)27(33)34;;/h3-15,18-19H,16-17H2,1-2H3,(H,31,35)(H,33,34);;/q;+1;-1. The summed E-state index contributed by atoms with van der Waals surface area (Å²) in [6.07, 6.45) is 2.15. The van der Waals surface area contributed by atoms with Gasteiger partial charge in [0.05, 0.1) is 11.6 Å². The normalized spacial score (nSPS) is 14.2. The molecule has 184 valence electrons. The molecule has 0 radical (unpaired) electrons. The molecular formula is C29H28KN3O4. The minimum absolute atomic E-state index is 0. The van der Waals surface area contributed by atoms with Crippen LogP contribution in [0.25, 0.3) is 22.3 Å². The predicted octanol–water partition coefficient (Wildman–Crippen LogP) is 3.30. The Morgan fingerprint density at radius 2 is 1.54 bits per heavy atom. The Morgan fingerprint density at radius 1 is 0.973 bits per heavy atom. The van der Waals surface area contributed by atoms with Crippen molar-refractivity contribution < 1.29 is 72.2 Å². The number of carboxylic acids is 1. The van der Waals surface area contributed by atoms with Gasteiger partial charge < -0.3 is 11.3 Å². The van der Waals surface area contributed by atoms with E-state index >= 15 is 0 Å². The molecule has 1 heterocycles. The van der Waals surface area contributed by atoms with Gasteiger partial charge in [-0.1, -0.05) is 78.9 Å². The smallest absolute Gasteiger partial charge is 1.00 e. The van der Waals surface area contributed by atoms with Crippen LogP contribution in [0, 0.1) is 0 Å². The van der Waals surface area contributed by atoms with Crippen LogP contribution in [-0.2, 0) is 22.0 Å². The second-order valence-corrected chi connectivity index (χ2v) is 9.16. The SMILES string of the molecule is CC(OC(=O)Nc1c(-c2ccc(-c3ccc(C4(C(=O)O)CC4)cc3)cc2)cnn1C)c1ccccc1.[H-].[K+]. The van der Waals surface area contributed by atoms with Crippen LogP contribution in [0.1, 0.15) is 38.4 Å². The number of carbonyl (C=O) groups is 2. The number of benzene rings is 3. The first-order valence-electron chi connectivity index (χ1n) is 11.9. The second kappa shape index (κ2) is 11.3. The molecule has 2 N–H and O–H groups in total. The van der Waals surface area contributed by atoms with Crippen molar-refractivity contribution in [2.45, 2.75) is 31.3 Å². The molecule has 1 aliphatic rings. The molecule has 1 fully saturated rings. The molecule has 1 unspecified atom stereocenters. The Bertz CT molecular complexity index is 1400. The molecule has 1 aromatic heterocycles. The van der Waals surface area contributed by atoms with E-state index in [1.807, 2.05) is 85.8 Å². The third-order valence-corrected chi connectivity index (χ3v) is 6.84. The van der Waals surface area contributed by atoms with Crippen LogP contribution in [0.5, 0.6) is 0 Å². The number of hydrogen-bond acceptors (Lipinski definition) is 4. The van der Waals surface area contributed by atoms with Crippen LogP contribution in [0.15, 0.2) is 85.1 Å². The van der Waals surface area contributed by atoms with Gasteiger partial charge in [0, 0.05) is 12.6 Å². The van der Waals surface area contributed by atoms with Crippen LogP contribution in [0.3, 0.4) is 0 Å². The molecule has 0 bridgehead atoms. The van der Waals surface area contributed by atoms with Gasteiger partial charge in [0.15, 0.2) is 0 Å². The number of nitrogens with one attached hydrogen (secondary N) is 1. The van der Waals surface area contributed by atoms with Gasteiger partial charge in [-0.3, -0.25) is 14.8 Å². The number of rotatable bonds is 7. The minimum Gasteiger partial charge on any atom is -1.00 e. The molecular weight excluding hydrogens is 493 g/mol. The number of nitrogens with zero attached hydrogens (tertiary/aromatic N) is 2. The molecule has 3 aromatic carbocycles. The van der Waals surface area contributed by atoms with Crippen molar-refractivity contribution in [1.82, 2.24) is 9.78 Å². The van der Waals surface area contributed by atoms with Crippen molar-refractivity contribution in [3.8, 4) is 22.3 Å². The van der Waals surface area contributed by atoms with Crippen LogP contribution in [0.2, 0.25) is 0 Å². The Balaban J connectivity index is 0.00000200. The number of anilines is 1. The first kappa shape index (κ1) is 27.3. The fourth-order valence-corrected chi connectivity index (χ4v) is 4.45. The van der Waals surface area contributed by atoms with E-state index in [-0.39, 0.29) is 58.9 Å². The maximum atomic E-state index is 12.6.